The SMILES string of the molecule is COc1cccc(/C(O)=C2\C(=O)C(=O)N(Cc3cccnc3)[C@@H]2c2ccc(C(C)(C)C)cc2)c1. The highest BCUT2D eigenvalue weighted by molar-refractivity contribution is 6.46. The summed E-state index contributed by atoms with van der Waals surface area (Å²) in [4.78, 5) is 32.0. The second kappa shape index (κ2) is 9.14. The minimum atomic E-state index is -0.736. The van der Waals surface area contributed by atoms with Gasteiger partial charge in [0.25, 0.3) is 11.7 Å². The van der Waals surface area contributed by atoms with Gasteiger partial charge in [0.2, 0.25) is 0 Å². The van der Waals surface area contributed by atoms with E-state index in [1.165, 1.54) is 12.0 Å². The number of ketones is 1. The van der Waals surface area contributed by atoms with E-state index >= 15 is 0 Å². The maximum absolute atomic E-state index is 13.2. The summed E-state index contributed by atoms with van der Waals surface area (Å²) < 4.78 is 5.27. The smallest absolute Gasteiger partial charge is 0.295 e. The average molecular weight is 457 g/mol. The Labute approximate surface area is 199 Å². The number of Topliss-reactive ketones (excluding diaryl/α,β-unsaturated/α-hetero) is 1. The predicted molar refractivity (Wildman–Crippen MR) is 130 cm³/mol. The Kier molecular flexibility index (Phi) is 6.24. The molecule has 174 valence electrons. The zero-order valence-corrected chi connectivity index (χ0v) is 19.8. The molecule has 2 heterocycles. The Morgan fingerprint density at radius 3 is 2.41 bits per heavy atom. The van der Waals surface area contributed by atoms with E-state index in [9.17, 15) is 14.7 Å². The van der Waals surface area contributed by atoms with Crippen LogP contribution in [0.2, 0.25) is 0 Å². The minimum Gasteiger partial charge on any atom is -0.507 e. The molecule has 4 rings (SSSR count). The number of pyridine rings is 1. The van der Waals surface area contributed by atoms with Gasteiger partial charge in [-0.25, -0.2) is 0 Å². The average Bonchev–Trinajstić information content (AvgIpc) is 3.08. The number of likely N-dealkylation sites (tertiary alicyclic amines) is 1. The summed E-state index contributed by atoms with van der Waals surface area (Å²) in [6.45, 7) is 6.57. The molecule has 0 unspecified atom stereocenters. The van der Waals surface area contributed by atoms with Crippen molar-refractivity contribution in [3.8, 4) is 5.75 Å². The number of ether oxygens (including phenoxy) is 1. The Bertz CT molecular complexity index is 1240. The number of methoxy groups -OCH3 is 1. The van der Waals surface area contributed by atoms with Gasteiger partial charge in [0.1, 0.15) is 11.5 Å². The maximum atomic E-state index is 13.2. The molecule has 1 aromatic heterocycles. The summed E-state index contributed by atoms with van der Waals surface area (Å²) in [7, 11) is 1.53. The molecule has 1 atom stereocenters. The molecule has 0 saturated carbocycles. The van der Waals surface area contributed by atoms with Crippen LogP contribution in [0.3, 0.4) is 0 Å². The lowest BCUT2D eigenvalue weighted by atomic mass is 9.85. The van der Waals surface area contributed by atoms with Crippen molar-refractivity contribution in [2.75, 3.05) is 7.11 Å². The molecule has 1 aliphatic rings. The molecular weight excluding hydrogens is 428 g/mol. The van der Waals surface area contributed by atoms with E-state index in [1.807, 2.05) is 30.3 Å². The molecule has 0 radical (unpaired) electrons. The van der Waals surface area contributed by atoms with E-state index in [2.05, 4.69) is 25.8 Å². The number of benzene rings is 2. The van der Waals surface area contributed by atoms with Crippen LogP contribution in [0.1, 0.15) is 49.1 Å². The Hall–Kier alpha value is -3.93. The van der Waals surface area contributed by atoms with Crippen LogP contribution in [0.5, 0.6) is 5.75 Å². The Balaban J connectivity index is 1.86. The van der Waals surface area contributed by atoms with Crippen molar-refractivity contribution in [3.05, 3.63) is 101 Å². The highest BCUT2D eigenvalue weighted by Gasteiger charge is 2.46. The second-order valence-electron chi connectivity index (χ2n) is 9.39. The van der Waals surface area contributed by atoms with Crippen molar-refractivity contribution < 1.29 is 19.4 Å². The van der Waals surface area contributed by atoms with Gasteiger partial charge in [0, 0.05) is 24.5 Å². The fraction of sp³-hybridized carbons (Fsp3) is 0.250. The van der Waals surface area contributed by atoms with Crippen molar-refractivity contribution in [1.29, 1.82) is 0 Å². The van der Waals surface area contributed by atoms with Crippen molar-refractivity contribution >= 4 is 17.4 Å². The zero-order chi connectivity index (χ0) is 24.5. The van der Waals surface area contributed by atoms with Crippen molar-refractivity contribution in [3.63, 3.8) is 0 Å². The molecule has 1 amide bonds. The van der Waals surface area contributed by atoms with E-state index in [-0.39, 0.29) is 23.3 Å². The van der Waals surface area contributed by atoms with Crippen LogP contribution in [0.25, 0.3) is 5.76 Å². The van der Waals surface area contributed by atoms with Crippen LogP contribution in [-0.2, 0) is 21.5 Å². The molecule has 34 heavy (non-hydrogen) atoms. The standard InChI is InChI=1S/C28H28N2O4/c1-28(2,3)21-12-10-19(11-13-21)24-23(25(31)20-8-5-9-22(15-20)34-4)26(32)27(33)30(24)17-18-7-6-14-29-16-18/h5-16,24,31H,17H2,1-4H3/b25-23+/t24-/m1/s1. The van der Waals surface area contributed by atoms with Gasteiger partial charge in [-0.3, -0.25) is 14.6 Å². The van der Waals surface area contributed by atoms with Gasteiger partial charge in [0.15, 0.2) is 0 Å². The summed E-state index contributed by atoms with van der Waals surface area (Å²) in [5, 5.41) is 11.2. The van der Waals surface area contributed by atoms with Gasteiger partial charge in [-0.05, 0) is 40.3 Å². The Morgan fingerprint density at radius 2 is 1.79 bits per heavy atom. The topological polar surface area (TPSA) is 79.7 Å². The van der Waals surface area contributed by atoms with Gasteiger partial charge in [-0.15, -0.1) is 0 Å². The normalized spacial score (nSPS) is 17.8. The number of hydrogen-bond acceptors (Lipinski definition) is 5. The molecule has 6 heteroatoms. The van der Waals surface area contributed by atoms with Crippen LogP contribution in [0, 0.1) is 0 Å². The highest BCUT2D eigenvalue weighted by atomic mass is 16.5. The van der Waals surface area contributed by atoms with Crippen LogP contribution in [-0.4, -0.2) is 33.8 Å². The fourth-order valence-electron chi connectivity index (χ4n) is 4.17. The molecule has 1 N–H and O–H groups in total. The minimum absolute atomic E-state index is 0.0450. The number of aliphatic hydroxyl groups is 1. The number of rotatable bonds is 5. The van der Waals surface area contributed by atoms with E-state index in [0.717, 1.165) is 16.7 Å². The first-order chi connectivity index (χ1) is 16.2. The first kappa shape index (κ1) is 23.2. The van der Waals surface area contributed by atoms with E-state index in [4.69, 9.17) is 4.74 Å². The van der Waals surface area contributed by atoms with Crippen LogP contribution >= 0.6 is 0 Å². The van der Waals surface area contributed by atoms with Gasteiger partial charge in [-0.2, -0.15) is 0 Å². The van der Waals surface area contributed by atoms with Crippen molar-refractivity contribution in [2.45, 2.75) is 38.8 Å². The number of aliphatic hydroxyl groups excluding tert-OH is 1. The maximum Gasteiger partial charge on any atom is 0.295 e. The zero-order valence-electron chi connectivity index (χ0n) is 19.8. The summed E-state index contributed by atoms with van der Waals surface area (Å²) >= 11 is 0. The number of carbonyl (C=O) groups excluding carboxylic acids is 2. The monoisotopic (exact) mass is 456 g/mol. The molecular formula is C28H28N2O4. The third-order valence-corrected chi connectivity index (χ3v) is 6.05. The molecule has 1 aliphatic heterocycles. The lowest BCUT2D eigenvalue weighted by Gasteiger charge is -2.26. The lowest BCUT2D eigenvalue weighted by molar-refractivity contribution is -0.140. The number of hydrogen-bond donors (Lipinski definition) is 1. The lowest BCUT2D eigenvalue weighted by Crippen LogP contribution is -2.29. The second-order valence-corrected chi connectivity index (χ2v) is 9.39. The summed E-state index contributed by atoms with van der Waals surface area (Å²) in [6, 6.07) is 17.6. The number of nitrogens with zero attached hydrogens (tertiary/aromatic N) is 2. The summed E-state index contributed by atoms with van der Waals surface area (Å²) in [5.74, 6) is -1.05. The largest absolute Gasteiger partial charge is 0.507 e. The quantitative estimate of drug-likeness (QED) is 0.332. The van der Waals surface area contributed by atoms with Gasteiger partial charge < -0.3 is 14.7 Å². The first-order valence-electron chi connectivity index (χ1n) is 11.1. The molecule has 0 bridgehead atoms. The molecule has 1 saturated heterocycles. The molecule has 1 fully saturated rings. The summed E-state index contributed by atoms with van der Waals surface area (Å²) in [6.07, 6.45) is 3.32. The van der Waals surface area contributed by atoms with E-state index in [0.29, 0.717) is 11.3 Å². The van der Waals surface area contributed by atoms with E-state index in [1.54, 1.807) is 42.7 Å². The fourth-order valence-corrected chi connectivity index (χ4v) is 4.17. The first-order valence-corrected chi connectivity index (χ1v) is 11.1. The van der Waals surface area contributed by atoms with Gasteiger partial charge in [-0.1, -0.05) is 63.2 Å². The van der Waals surface area contributed by atoms with Gasteiger partial charge in [0.05, 0.1) is 18.7 Å². The molecule has 6 nitrogen and oxygen atoms in total. The number of amides is 1. The molecule has 2 aromatic carbocycles. The molecule has 3 aromatic rings. The third-order valence-electron chi connectivity index (χ3n) is 6.05. The number of carbonyl (C=O) groups is 2. The molecule has 0 spiro atoms. The summed E-state index contributed by atoms with van der Waals surface area (Å²) in [5.41, 5.74) is 3.10. The highest BCUT2D eigenvalue weighted by Crippen LogP contribution is 2.41. The van der Waals surface area contributed by atoms with Crippen molar-refractivity contribution in [2.24, 2.45) is 0 Å². The van der Waals surface area contributed by atoms with Crippen LogP contribution < -0.4 is 4.74 Å². The molecule has 0 aliphatic carbocycles. The number of aromatic nitrogens is 1. The van der Waals surface area contributed by atoms with Crippen LogP contribution in [0.15, 0.2) is 78.6 Å². The van der Waals surface area contributed by atoms with Crippen LogP contribution in [0.4, 0.5) is 0 Å². The predicted octanol–water partition coefficient (Wildman–Crippen LogP) is 5.01. The third kappa shape index (κ3) is 4.44. The van der Waals surface area contributed by atoms with Gasteiger partial charge >= 0.3 is 0 Å². The van der Waals surface area contributed by atoms with Crippen molar-refractivity contribution in [1.82, 2.24) is 9.88 Å². The van der Waals surface area contributed by atoms with E-state index < -0.39 is 17.7 Å². The Morgan fingerprint density at radius 1 is 1.06 bits per heavy atom.